The molecule has 0 radical (unpaired) electrons. The summed E-state index contributed by atoms with van der Waals surface area (Å²) in [5.74, 6) is -1.66. The summed E-state index contributed by atoms with van der Waals surface area (Å²) in [6.07, 6.45) is 0. The summed E-state index contributed by atoms with van der Waals surface area (Å²) in [7, 11) is -2.89. The summed E-state index contributed by atoms with van der Waals surface area (Å²) in [5, 5.41) is 9.11. The maximum absolute atomic E-state index is 12.8. The lowest BCUT2D eigenvalue weighted by Crippen LogP contribution is -2.13. The fourth-order valence-corrected chi connectivity index (χ4v) is 5.99. The van der Waals surface area contributed by atoms with E-state index in [9.17, 15) is 13.2 Å². The van der Waals surface area contributed by atoms with Crippen LogP contribution in [0.25, 0.3) is 0 Å². The van der Waals surface area contributed by atoms with E-state index in [-0.39, 0.29) is 0 Å². The first-order valence-corrected chi connectivity index (χ1v) is 9.49. The van der Waals surface area contributed by atoms with Crippen LogP contribution in [-0.4, -0.2) is 19.5 Å². The molecule has 2 aromatic rings. The van der Waals surface area contributed by atoms with Gasteiger partial charge >= 0.3 is 5.97 Å². The monoisotopic (exact) mass is 398 g/mol. The summed E-state index contributed by atoms with van der Waals surface area (Å²) in [4.78, 5) is 13.1. The molecule has 2 aromatic carbocycles. The zero-order valence-corrected chi connectivity index (χ0v) is 14.6. The van der Waals surface area contributed by atoms with E-state index in [0.717, 1.165) is 4.47 Å². The Hall–Kier alpha value is -1.31. The van der Waals surface area contributed by atoms with E-state index in [2.05, 4.69) is 15.9 Å². The van der Waals surface area contributed by atoms with Gasteiger partial charge < -0.3 is 5.11 Å². The van der Waals surface area contributed by atoms with Crippen molar-refractivity contribution in [1.82, 2.24) is 0 Å². The minimum atomic E-state index is -1.48. The number of carboxylic acids is 1. The number of aliphatic carboxylic acids is 1. The van der Waals surface area contributed by atoms with Crippen molar-refractivity contribution in [3.8, 4) is 0 Å². The van der Waals surface area contributed by atoms with Crippen LogP contribution in [0.3, 0.4) is 0 Å². The molecule has 3 rings (SSSR count). The summed E-state index contributed by atoms with van der Waals surface area (Å²) in [6.45, 7) is 1.57. The maximum Gasteiger partial charge on any atom is 0.310 e. The first-order chi connectivity index (χ1) is 10.4. The van der Waals surface area contributed by atoms with Crippen molar-refractivity contribution >= 4 is 43.5 Å². The number of benzene rings is 2. The lowest BCUT2D eigenvalue weighted by molar-refractivity contribution is -0.138. The van der Waals surface area contributed by atoms with Gasteiger partial charge in [-0.2, -0.15) is 0 Å². The summed E-state index contributed by atoms with van der Waals surface area (Å²) < 4.78 is 26.1. The Bertz CT molecular complexity index is 847. The highest BCUT2D eigenvalue weighted by atomic mass is 79.9. The molecule has 0 aliphatic carbocycles. The van der Waals surface area contributed by atoms with Gasteiger partial charge in [-0.3, -0.25) is 4.79 Å². The molecule has 0 amide bonds. The van der Waals surface area contributed by atoms with Gasteiger partial charge in [0.1, 0.15) is 0 Å². The van der Waals surface area contributed by atoms with Crippen molar-refractivity contribution in [2.24, 2.45) is 0 Å². The largest absolute Gasteiger partial charge is 0.481 e. The molecular formula is C15H11BrO4S2. The first-order valence-electron chi connectivity index (χ1n) is 6.40. The molecule has 3 atom stereocenters. The van der Waals surface area contributed by atoms with Crippen LogP contribution < -0.4 is 0 Å². The van der Waals surface area contributed by atoms with Gasteiger partial charge in [0.05, 0.1) is 47.1 Å². The summed E-state index contributed by atoms with van der Waals surface area (Å²) >= 11 is 3.32. The average molecular weight is 399 g/mol. The van der Waals surface area contributed by atoms with Crippen LogP contribution in [0, 0.1) is 0 Å². The van der Waals surface area contributed by atoms with Gasteiger partial charge in [0, 0.05) is 4.47 Å². The van der Waals surface area contributed by atoms with Crippen molar-refractivity contribution in [3.05, 3.63) is 46.4 Å². The fraction of sp³-hybridized carbons (Fsp3) is 0.133. The molecule has 4 nitrogen and oxygen atoms in total. The third-order valence-electron chi connectivity index (χ3n) is 3.54. The zero-order chi connectivity index (χ0) is 16.0. The standard InChI is InChI=1S/C15H11BrO4S2/c1-8(15(17)18)9-2-4-11-13(6-9)22(20)14-7-10(16)3-5-12(14)21(11)19/h2-8H,1H3,(H,17,18). The van der Waals surface area contributed by atoms with Crippen molar-refractivity contribution < 1.29 is 18.3 Å². The number of hydrogen-bond donors (Lipinski definition) is 1. The maximum atomic E-state index is 12.8. The number of carboxylic acid groups (broad SMARTS) is 1. The van der Waals surface area contributed by atoms with Gasteiger partial charge in [0.2, 0.25) is 0 Å². The van der Waals surface area contributed by atoms with E-state index in [4.69, 9.17) is 5.11 Å². The van der Waals surface area contributed by atoms with E-state index in [1.165, 1.54) is 0 Å². The summed E-state index contributed by atoms with van der Waals surface area (Å²) in [6, 6.07) is 10.00. The molecule has 3 unspecified atom stereocenters. The predicted molar refractivity (Wildman–Crippen MR) is 86.0 cm³/mol. The molecule has 1 heterocycles. The average Bonchev–Trinajstić information content (AvgIpc) is 2.51. The van der Waals surface area contributed by atoms with Gasteiger partial charge in [-0.15, -0.1) is 0 Å². The third kappa shape index (κ3) is 2.47. The van der Waals surface area contributed by atoms with Crippen LogP contribution in [0.2, 0.25) is 0 Å². The van der Waals surface area contributed by atoms with Gasteiger partial charge in [0.25, 0.3) is 0 Å². The molecule has 0 fully saturated rings. The van der Waals surface area contributed by atoms with Crippen LogP contribution in [-0.2, 0) is 26.4 Å². The van der Waals surface area contributed by atoms with Crippen LogP contribution in [0.15, 0.2) is 60.5 Å². The predicted octanol–water partition coefficient (Wildman–Crippen LogP) is 3.28. The van der Waals surface area contributed by atoms with Crippen LogP contribution >= 0.6 is 15.9 Å². The Kier molecular flexibility index (Phi) is 4.05. The van der Waals surface area contributed by atoms with E-state index < -0.39 is 33.5 Å². The van der Waals surface area contributed by atoms with Crippen molar-refractivity contribution in [3.63, 3.8) is 0 Å². The highest BCUT2D eigenvalue weighted by Crippen LogP contribution is 2.38. The van der Waals surface area contributed by atoms with Crippen LogP contribution in [0.4, 0.5) is 0 Å². The molecule has 1 aliphatic rings. The van der Waals surface area contributed by atoms with E-state index in [1.807, 2.05) is 0 Å². The number of hydrogen-bond acceptors (Lipinski definition) is 3. The molecule has 0 aromatic heterocycles. The molecular weight excluding hydrogens is 388 g/mol. The topological polar surface area (TPSA) is 71.4 Å². The van der Waals surface area contributed by atoms with E-state index in [0.29, 0.717) is 25.1 Å². The molecule has 0 bridgehead atoms. The van der Waals surface area contributed by atoms with Gasteiger partial charge in [0.15, 0.2) is 0 Å². The summed E-state index contributed by atoms with van der Waals surface area (Å²) in [5.41, 5.74) is 0.551. The molecule has 22 heavy (non-hydrogen) atoms. The lowest BCUT2D eigenvalue weighted by atomic mass is 10.0. The van der Waals surface area contributed by atoms with E-state index >= 15 is 0 Å². The number of carbonyl (C=O) groups is 1. The van der Waals surface area contributed by atoms with Crippen molar-refractivity contribution in [2.45, 2.75) is 32.4 Å². The zero-order valence-electron chi connectivity index (χ0n) is 11.4. The Morgan fingerprint density at radius 2 is 1.55 bits per heavy atom. The highest BCUT2D eigenvalue weighted by molar-refractivity contribution is 9.10. The SMILES string of the molecule is CC(C(=O)O)c1ccc2c(c1)S(=O)c1cc(Br)ccc1S2=O. The number of halogens is 1. The van der Waals surface area contributed by atoms with Crippen molar-refractivity contribution in [1.29, 1.82) is 0 Å². The Labute approximate surface area is 140 Å². The normalized spacial score (nSPS) is 20.8. The molecule has 0 saturated heterocycles. The Morgan fingerprint density at radius 3 is 2.18 bits per heavy atom. The van der Waals surface area contributed by atoms with Gasteiger partial charge in [-0.05, 0) is 42.8 Å². The molecule has 1 N–H and O–H groups in total. The molecule has 0 spiro atoms. The lowest BCUT2D eigenvalue weighted by Gasteiger charge is -2.20. The second-order valence-corrected chi connectivity index (χ2v) is 8.64. The quantitative estimate of drug-likeness (QED) is 0.718. The third-order valence-corrected chi connectivity index (χ3v) is 7.28. The number of fused-ring (bicyclic) bond motifs is 2. The van der Waals surface area contributed by atoms with Crippen LogP contribution in [0.5, 0.6) is 0 Å². The molecule has 0 saturated carbocycles. The molecule has 1 aliphatic heterocycles. The van der Waals surface area contributed by atoms with Gasteiger partial charge in [-0.1, -0.05) is 22.0 Å². The first kappa shape index (κ1) is 15.6. The van der Waals surface area contributed by atoms with E-state index in [1.54, 1.807) is 43.3 Å². The minimum Gasteiger partial charge on any atom is -0.481 e. The Balaban J connectivity index is 2.18. The highest BCUT2D eigenvalue weighted by Gasteiger charge is 2.29. The number of rotatable bonds is 2. The van der Waals surface area contributed by atoms with Crippen LogP contribution in [0.1, 0.15) is 18.4 Å². The van der Waals surface area contributed by atoms with Crippen molar-refractivity contribution in [2.75, 3.05) is 0 Å². The fourth-order valence-electron chi connectivity index (χ4n) is 2.25. The van der Waals surface area contributed by atoms with Gasteiger partial charge in [-0.25, -0.2) is 8.42 Å². The minimum absolute atomic E-state index is 0.425. The Morgan fingerprint density at radius 1 is 1.00 bits per heavy atom. The second-order valence-electron chi connectivity index (χ2n) is 4.89. The second kappa shape index (κ2) is 5.72. The molecule has 7 heteroatoms. The molecule has 114 valence electrons. The smallest absolute Gasteiger partial charge is 0.310 e.